The number of carbonyl (C=O) groups excluding carboxylic acids is 1. The van der Waals surface area contributed by atoms with Crippen molar-refractivity contribution in [2.45, 2.75) is 18.6 Å². The Bertz CT molecular complexity index is 787. The molecule has 1 saturated heterocycles. The van der Waals surface area contributed by atoms with Crippen molar-refractivity contribution in [1.82, 2.24) is 14.8 Å². The van der Waals surface area contributed by atoms with E-state index in [1.165, 1.54) is 6.07 Å². The fourth-order valence-electron chi connectivity index (χ4n) is 3.07. The molecule has 0 spiro atoms. The highest BCUT2D eigenvalue weighted by Gasteiger charge is 2.31. The second kappa shape index (κ2) is 7.07. The summed E-state index contributed by atoms with van der Waals surface area (Å²) in [7, 11) is 3.99. The summed E-state index contributed by atoms with van der Waals surface area (Å²) in [5.74, 6) is -0.0666. The molecule has 2 aromatic rings. The van der Waals surface area contributed by atoms with E-state index in [0.29, 0.717) is 36.0 Å². The Kier molecular flexibility index (Phi) is 5.00. The molecular formula is C19H20F3N3O. The fourth-order valence-corrected chi connectivity index (χ4v) is 3.07. The zero-order chi connectivity index (χ0) is 18.9. The van der Waals surface area contributed by atoms with Crippen LogP contribution >= 0.6 is 0 Å². The van der Waals surface area contributed by atoms with Gasteiger partial charge in [0.2, 0.25) is 0 Å². The second-order valence-electron chi connectivity index (χ2n) is 6.67. The first-order valence-corrected chi connectivity index (χ1v) is 8.35. The number of halogens is 3. The van der Waals surface area contributed by atoms with Crippen LogP contribution in [0, 0.1) is 0 Å². The number of carbonyl (C=O) groups is 1. The second-order valence-corrected chi connectivity index (χ2v) is 6.67. The molecule has 1 amide bonds. The lowest BCUT2D eigenvalue weighted by Crippen LogP contribution is -2.34. The molecule has 1 aliphatic heterocycles. The van der Waals surface area contributed by atoms with Gasteiger partial charge in [0.05, 0.1) is 11.3 Å². The molecule has 7 heteroatoms. The largest absolute Gasteiger partial charge is 0.417 e. The predicted octanol–water partition coefficient (Wildman–Crippen LogP) is 3.54. The van der Waals surface area contributed by atoms with Crippen LogP contribution < -0.4 is 0 Å². The van der Waals surface area contributed by atoms with E-state index in [9.17, 15) is 18.0 Å². The van der Waals surface area contributed by atoms with Crippen LogP contribution in [-0.4, -0.2) is 53.9 Å². The third kappa shape index (κ3) is 3.88. The van der Waals surface area contributed by atoms with Crippen molar-refractivity contribution in [3.05, 3.63) is 53.7 Å². The molecule has 4 nitrogen and oxygen atoms in total. The summed E-state index contributed by atoms with van der Waals surface area (Å²) >= 11 is 0. The smallest absolute Gasteiger partial charge is 0.337 e. The number of hydrogen-bond acceptors (Lipinski definition) is 3. The third-order valence-corrected chi connectivity index (χ3v) is 4.68. The quantitative estimate of drug-likeness (QED) is 0.837. The van der Waals surface area contributed by atoms with Gasteiger partial charge in [-0.3, -0.25) is 9.78 Å². The number of likely N-dealkylation sites (tertiary alicyclic amines) is 1. The molecule has 1 atom stereocenters. The molecule has 2 heterocycles. The van der Waals surface area contributed by atoms with E-state index in [0.717, 1.165) is 18.7 Å². The number of alkyl halides is 3. The van der Waals surface area contributed by atoms with Crippen LogP contribution in [0.1, 0.15) is 22.3 Å². The van der Waals surface area contributed by atoms with Crippen LogP contribution in [0.15, 0.2) is 42.6 Å². The lowest BCUT2D eigenvalue weighted by Gasteiger charge is -2.20. The number of amides is 1. The summed E-state index contributed by atoms with van der Waals surface area (Å²) in [6.45, 7) is 1.37. The Hall–Kier alpha value is -2.41. The maximum Gasteiger partial charge on any atom is 0.417 e. The lowest BCUT2D eigenvalue weighted by molar-refractivity contribution is -0.137. The zero-order valence-corrected chi connectivity index (χ0v) is 14.6. The van der Waals surface area contributed by atoms with Gasteiger partial charge in [0.25, 0.3) is 5.91 Å². The molecule has 0 radical (unpaired) electrons. The molecule has 0 bridgehead atoms. The van der Waals surface area contributed by atoms with Gasteiger partial charge in [-0.15, -0.1) is 0 Å². The van der Waals surface area contributed by atoms with Gasteiger partial charge < -0.3 is 9.80 Å². The number of hydrogen-bond donors (Lipinski definition) is 0. The van der Waals surface area contributed by atoms with E-state index in [4.69, 9.17) is 0 Å². The minimum Gasteiger partial charge on any atom is -0.337 e. The summed E-state index contributed by atoms with van der Waals surface area (Å²) in [4.78, 5) is 20.5. The minimum absolute atomic E-state index is 0.0666. The van der Waals surface area contributed by atoms with E-state index in [1.807, 2.05) is 19.0 Å². The molecule has 0 N–H and O–H groups in total. The number of aromatic nitrogens is 1. The predicted molar refractivity (Wildman–Crippen MR) is 92.7 cm³/mol. The number of pyridine rings is 1. The Morgan fingerprint density at radius 1 is 1.23 bits per heavy atom. The van der Waals surface area contributed by atoms with E-state index < -0.39 is 11.7 Å². The van der Waals surface area contributed by atoms with Gasteiger partial charge >= 0.3 is 6.18 Å². The van der Waals surface area contributed by atoms with Crippen LogP contribution in [0.5, 0.6) is 0 Å². The van der Waals surface area contributed by atoms with Crippen LogP contribution in [0.3, 0.4) is 0 Å². The summed E-state index contributed by atoms with van der Waals surface area (Å²) in [6, 6.07) is 9.53. The molecule has 0 saturated carbocycles. The summed E-state index contributed by atoms with van der Waals surface area (Å²) in [6.07, 6.45) is -2.67. The number of nitrogens with zero attached hydrogens (tertiary/aromatic N) is 3. The monoisotopic (exact) mass is 363 g/mol. The zero-order valence-electron chi connectivity index (χ0n) is 14.6. The summed E-state index contributed by atoms with van der Waals surface area (Å²) in [5.41, 5.74) is 0.747. The van der Waals surface area contributed by atoms with Crippen molar-refractivity contribution in [2.24, 2.45) is 0 Å². The molecular weight excluding hydrogens is 343 g/mol. The van der Waals surface area contributed by atoms with E-state index in [1.54, 1.807) is 24.3 Å². The number of likely N-dealkylation sites (N-methyl/N-ethyl adjacent to an activating group) is 1. The Balaban J connectivity index is 1.79. The SMILES string of the molecule is CN(C)[C@@H]1CCN(C(=O)c2cccc(-c3ccc(C(F)(F)F)cn3)c2)C1. The van der Waals surface area contributed by atoms with Crippen molar-refractivity contribution in [1.29, 1.82) is 0 Å². The van der Waals surface area contributed by atoms with Gasteiger partial charge in [0, 0.05) is 36.5 Å². The van der Waals surface area contributed by atoms with E-state index >= 15 is 0 Å². The van der Waals surface area contributed by atoms with Gasteiger partial charge in [-0.05, 0) is 44.8 Å². The molecule has 1 aromatic carbocycles. The molecule has 138 valence electrons. The van der Waals surface area contributed by atoms with Crippen molar-refractivity contribution in [2.75, 3.05) is 27.2 Å². The molecule has 0 aliphatic carbocycles. The Morgan fingerprint density at radius 3 is 2.58 bits per heavy atom. The molecule has 26 heavy (non-hydrogen) atoms. The highest BCUT2D eigenvalue weighted by molar-refractivity contribution is 5.95. The maximum atomic E-state index is 12.7. The van der Waals surface area contributed by atoms with Crippen LogP contribution in [0.25, 0.3) is 11.3 Å². The molecule has 3 rings (SSSR count). The van der Waals surface area contributed by atoms with E-state index in [-0.39, 0.29) is 5.91 Å². The first-order valence-electron chi connectivity index (χ1n) is 8.35. The van der Waals surface area contributed by atoms with Crippen molar-refractivity contribution >= 4 is 5.91 Å². The highest BCUT2D eigenvalue weighted by atomic mass is 19.4. The molecule has 0 unspecified atom stereocenters. The van der Waals surface area contributed by atoms with Crippen LogP contribution in [0.4, 0.5) is 13.2 Å². The van der Waals surface area contributed by atoms with Crippen LogP contribution in [-0.2, 0) is 6.18 Å². The van der Waals surface area contributed by atoms with E-state index in [2.05, 4.69) is 9.88 Å². The highest BCUT2D eigenvalue weighted by Crippen LogP contribution is 2.30. The normalized spacial score (nSPS) is 17.8. The maximum absolute atomic E-state index is 12.7. The lowest BCUT2D eigenvalue weighted by atomic mass is 10.1. The van der Waals surface area contributed by atoms with Gasteiger partial charge in [0.15, 0.2) is 0 Å². The third-order valence-electron chi connectivity index (χ3n) is 4.68. The standard InChI is InChI=1S/C19H20F3N3O/c1-24(2)16-8-9-25(12-16)18(26)14-5-3-4-13(10-14)17-7-6-15(11-23-17)19(20,21)22/h3-7,10-11,16H,8-9,12H2,1-2H3/t16-/m1/s1. The van der Waals surface area contributed by atoms with Gasteiger partial charge in [-0.25, -0.2) is 0 Å². The topological polar surface area (TPSA) is 36.4 Å². The average Bonchev–Trinajstić information content (AvgIpc) is 3.11. The van der Waals surface area contributed by atoms with Crippen molar-refractivity contribution in [3.8, 4) is 11.3 Å². The Labute approximate surface area is 150 Å². The van der Waals surface area contributed by atoms with Gasteiger partial charge in [-0.1, -0.05) is 12.1 Å². The first kappa shape index (κ1) is 18.4. The first-order chi connectivity index (χ1) is 12.3. The van der Waals surface area contributed by atoms with Gasteiger partial charge in [-0.2, -0.15) is 13.2 Å². The average molecular weight is 363 g/mol. The molecule has 1 aromatic heterocycles. The minimum atomic E-state index is -4.41. The number of benzene rings is 1. The summed E-state index contributed by atoms with van der Waals surface area (Å²) < 4.78 is 38.0. The fraction of sp³-hybridized carbons (Fsp3) is 0.368. The Morgan fingerprint density at radius 2 is 2.00 bits per heavy atom. The number of rotatable bonds is 3. The van der Waals surface area contributed by atoms with Gasteiger partial charge in [0.1, 0.15) is 0 Å². The van der Waals surface area contributed by atoms with Crippen molar-refractivity contribution in [3.63, 3.8) is 0 Å². The molecule has 1 aliphatic rings. The molecule has 1 fully saturated rings. The van der Waals surface area contributed by atoms with Crippen LogP contribution in [0.2, 0.25) is 0 Å². The summed E-state index contributed by atoms with van der Waals surface area (Å²) in [5, 5.41) is 0. The van der Waals surface area contributed by atoms with Crippen molar-refractivity contribution < 1.29 is 18.0 Å².